The molecule has 73 heavy (non-hydrogen) atoms. The summed E-state index contributed by atoms with van der Waals surface area (Å²) in [6, 6.07) is -2.13. The van der Waals surface area contributed by atoms with Crippen LogP contribution in [0.1, 0.15) is 126 Å². The van der Waals surface area contributed by atoms with Crippen molar-refractivity contribution in [3.05, 3.63) is 47.6 Å². The van der Waals surface area contributed by atoms with Gasteiger partial charge in [-0.3, -0.25) is 19.2 Å². The number of aliphatic hydroxyl groups is 4. The van der Waals surface area contributed by atoms with Crippen LogP contribution >= 0.6 is 0 Å². The van der Waals surface area contributed by atoms with Gasteiger partial charge in [-0.25, -0.2) is 17.9 Å². The van der Waals surface area contributed by atoms with Crippen LogP contribution in [0.15, 0.2) is 47.6 Å². The number of amides is 1. The van der Waals surface area contributed by atoms with Gasteiger partial charge in [0, 0.05) is 51.0 Å². The van der Waals surface area contributed by atoms with Gasteiger partial charge in [-0.05, 0) is 108 Å². The minimum Gasteiger partial charge on any atom is -0.460 e. The highest BCUT2D eigenvalue weighted by Crippen LogP contribution is 2.38. The molecule has 0 aromatic carbocycles. The molecule has 0 unspecified atom stereocenters. The van der Waals surface area contributed by atoms with Crippen LogP contribution in [0, 0.1) is 35.5 Å². The van der Waals surface area contributed by atoms with Crippen LogP contribution in [0.4, 0.5) is 0 Å². The number of carbonyl (C=O) groups is 5. The summed E-state index contributed by atoms with van der Waals surface area (Å²) in [4.78, 5) is 72.4. The zero-order valence-electron chi connectivity index (χ0n) is 44.6. The number of aliphatic hydroxyl groups excluding tert-OH is 3. The number of nitrogens with zero attached hydrogens (tertiary/aromatic N) is 1. The second-order valence-corrected chi connectivity index (χ2v) is 23.1. The number of carbonyl (C=O) groups excluding carboxylic acids is 5. The first-order valence-electron chi connectivity index (χ1n) is 26.3. The molecule has 18 nitrogen and oxygen atoms in total. The molecule has 0 radical (unpaired) electrons. The number of ketones is 3. The summed E-state index contributed by atoms with van der Waals surface area (Å²) in [5.74, 6) is -9.43. The van der Waals surface area contributed by atoms with E-state index in [4.69, 9.17) is 28.8 Å². The summed E-state index contributed by atoms with van der Waals surface area (Å²) in [5, 5.41) is 43.2. The van der Waals surface area contributed by atoms with Crippen molar-refractivity contribution < 1.29 is 76.5 Å². The number of esters is 1. The van der Waals surface area contributed by atoms with Gasteiger partial charge < -0.3 is 49.0 Å². The van der Waals surface area contributed by atoms with Gasteiger partial charge in [-0.15, -0.1) is 0 Å². The summed E-state index contributed by atoms with van der Waals surface area (Å²) in [5.41, 5.74) is 0.913. The first-order valence-corrected chi connectivity index (χ1v) is 27.9. The summed E-state index contributed by atoms with van der Waals surface area (Å²) in [7, 11) is -1.09. The highest BCUT2D eigenvalue weighted by molar-refractivity contribution is 7.89. The first-order chi connectivity index (χ1) is 34.5. The van der Waals surface area contributed by atoms with E-state index in [0.717, 1.165) is 4.90 Å². The molecule has 4 aliphatic rings. The predicted molar refractivity (Wildman–Crippen MR) is 273 cm³/mol. The third kappa shape index (κ3) is 17.8. The molecule has 1 amide bonds. The van der Waals surface area contributed by atoms with Crippen molar-refractivity contribution >= 4 is 39.2 Å². The maximum absolute atomic E-state index is 14.5. The number of Topliss-reactive ketones (excluding diaryl/α,β-unsaturated/α-hetero) is 3. The first kappa shape index (κ1) is 62.0. The lowest BCUT2D eigenvalue weighted by atomic mass is 9.78. The highest BCUT2D eigenvalue weighted by Gasteiger charge is 2.53. The van der Waals surface area contributed by atoms with Crippen LogP contribution in [-0.2, 0) is 57.7 Å². The SMILES string of the molecule is CO[C@@H]1C[C@H](C[C@@H](C)[C@@H]2CC(=O)[C@H](C)/C=C(\C)[C@@H](O)[C@@H](OC)C(=O)[C@H](C)C[C@H](C)/C=C/C=C/C=C(\C)[C@H](NS(=O)(=O)CCOCCO)C[C@@H]3CC[C@@H](C)[C@@](O)(O3)C(=O)C(=O)N3CCCC[C@H]3C(=O)O2)CC[C@H]1O. The molecule has 3 fully saturated rings. The molecule has 0 aromatic rings. The largest absolute Gasteiger partial charge is 0.460 e. The number of sulfonamides is 1. The Morgan fingerprint density at radius 1 is 0.890 bits per heavy atom. The fourth-order valence-electron chi connectivity index (χ4n) is 10.6. The fraction of sp³-hybridized carbons (Fsp3) is 0.759. The van der Waals surface area contributed by atoms with Crippen molar-refractivity contribution in [3.8, 4) is 0 Å². The van der Waals surface area contributed by atoms with Gasteiger partial charge in [-0.1, -0.05) is 76.6 Å². The zero-order chi connectivity index (χ0) is 54.2. The molecule has 4 rings (SSSR count). The van der Waals surface area contributed by atoms with E-state index in [0.29, 0.717) is 62.5 Å². The number of hydrogen-bond acceptors (Lipinski definition) is 16. The molecule has 414 valence electrons. The van der Waals surface area contributed by atoms with E-state index in [1.54, 1.807) is 72.1 Å². The van der Waals surface area contributed by atoms with E-state index < -0.39 is 105 Å². The summed E-state index contributed by atoms with van der Waals surface area (Å²) >= 11 is 0. The van der Waals surface area contributed by atoms with E-state index in [1.807, 2.05) is 19.9 Å². The van der Waals surface area contributed by atoms with Gasteiger partial charge >= 0.3 is 5.97 Å². The molecular formula is C54H86N2O16S. The van der Waals surface area contributed by atoms with Crippen molar-refractivity contribution in [2.75, 3.05) is 46.3 Å². The Morgan fingerprint density at radius 2 is 1.62 bits per heavy atom. The molecule has 0 spiro atoms. The van der Waals surface area contributed by atoms with Gasteiger partial charge in [0.05, 0.1) is 43.9 Å². The molecular weight excluding hydrogens is 965 g/mol. The van der Waals surface area contributed by atoms with E-state index in [9.17, 15) is 47.7 Å². The van der Waals surface area contributed by atoms with Gasteiger partial charge in [0.1, 0.15) is 30.1 Å². The van der Waals surface area contributed by atoms with Crippen LogP contribution in [-0.4, -0.2) is 164 Å². The molecule has 1 aliphatic carbocycles. The average molecular weight is 1050 g/mol. The number of hydrogen-bond donors (Lipinski definition) is 5. The van der Waals surface area contributed by atoms with E-state index in [-0.39, 0.29) is 81.6 Å². The highest BCUT2D eigenvalue weighted by atomic mass is 32.2. The molecule has 19 heteroatoms. The predicted octanol–water partition coefficient (Wildman–Crippen LogP) is 4.46. The number of nitrogens with one attached hydrogen (secondary N) is 1. The molecule has 2 bridgehead atoms. The van der Waals surface area contributed by atoms with E-state index >= 15 is 0 Å². The number of piperidine rings is 1. The Kier molecular flexibility index (Phi) is 24.8. The quantitative estimate of drug-likeness (QED) is 0.0782. The van der Waals surface area contributed by atoms with E-state index in [1.165, 1.54) is 7.11 Å². The van der Waals surface area contributed by atoms with Crippen molar-refractivity contribution in [1.29, 1.82) is 0 Å². The maximum Gasteiger partial charge on any atom is 0.329 e. The molecule has 3 aliphatic heterocycles. The van der Waals surface area contributed by atoms with Crippen LogP contribution in [0.2, 0.25) is 0 Å². The smallest absolute Gasteiger partial charge is 0.329 e. The third-order valence-electron chi connectivity index (χ3n) is 15.3. The molecule has 5 N–H and O–H groups in total. The monoisotopic (exact) mass is 1050 g/mol. The topological polar surface area (TPSA) is 262 Å². The number of fused-ring (bicyclic) bond motifs is 3. The second kappa shape index (κ2) is 29.1. The van der Waals surface area contributed by atoms with Crippen LogP contribution in [0.5, 0.6) is 0 Å². The molecule has 3 heterocycles. The van der Waals surface area contributed by atoms with Gasteiger partial charge in [0.2, 0.25) is 15.8 Å². The molecule has 15 atom stereocenters. The third-order valence-corrected chi connectivity index (χ3v) is 16.7. The number of ether oxygens (including phenoxy) is 5. The Hall–Kier alpha value is -3.50. The lowest BCUT2D eigenvalue weighted by Gasteiger charge is -2.43. The Labute approximate surface area is 433 Å². The Bertz CT molecular complexity index is 2090. The lowest BCUT2D eigenvalue weighted by Crippen LogP contribution is -2.61. The van der Waals surface area contributed by atoms with Gasteiger partial charge in [0.25, 0.3) is 11.7 Å². The minimum absolute atomic E-state index is 0.00481. The number of cyclic esters (lactones) is 1. The Balaban J connectivity index is 1.74. The maximum atomic E-state index is 14.5. The fourth-order valence-corrected chi connectivity index (χ4v) is 11.8. The second-order valence-electron chi connectivity index (χ2n) is 21.2. The molecule has 1 saturated carbocycles. The number of rotatable bonds is 12. The summed E-state index contributed by atoms with van der Waals surface area (Å²) in [6.07, 6.45) is 9.17. The standard InChI is InChI=1S/C54H86N2O16S/c1-33-15-11-10-12-16-34(2)42(55-73(66,67)26-25-70-24-23-57)31-41-20-18-39(7)54(65,72-41)51(62)52(63)56-22-14-13-17-43(56)53(64)71-46(36(4)29-40-19-21-44(58)47(30-40)68-8)32-45(59)35(3)28-38(6)49(61)50(69-9)48(60)37(5)27-33/h10-12,15-16,28,33,35-37,39-44,46-47,49-50,55,57-58,61,65H,13-14,17-27,29-32H2,1-9H3/b12-10+,15-11+,34-16+,38-28+/t33-,35-,36-,37-,39-,40+,41+,42-,43+,44-,46+,47-,49-,50+,54-/m1/s1. The molecule has 0 aromatic heterocycles. The Morgan fingerprint density at radius 3 is 2.30 bits per heavy atom. The molecule has 2 saturated heterocycles. The van der Waals surface area contributed by atoms with Crippen LogP contribution in [0.3, 0.4) is 0 Å². The normalized spacial score (nSPS) is 37.5. The summed E-state index contributed by atoms with van der Waals surface area (Å²) in [6.45, 7) is 11.7. The van der Waals surface area contributed by atoms with Crippen molar-refractivity contribution in [3.63, 3.8) is 0 Å². The zero-order valence-corrected chi connectivity index (χ0v) is 45.4. The van der Waals surface area contributed by atoms with Crippen LogP contribution in [0.25, 0.3) is 0 Å². The van der Waals surface area contributed by atoms with E-state index in [2.05, 4.69) is 4.72 Å². The van der Waals surface area contributed by atoms with Crippen molar-refractivity contribution in [2.24, 2.45) is 35.5 Å². The lowest BCUT2D eigenvalue weighted by molar-refractivity contribution is -0.264. The van der Waals surface area contributed by atoms with Crippen LogP contribution < -0.4 is 4.72 Å². The number of allylic oxidation sites excluding steroid dienone is 6. The minimum atomic E-state index is -3.99. The van der Waals surface area contributed by atoms with Gasteiger partial charge in [0.15, 0.2) is 5.78 Å². The number of methoxy groups -OCH3 is 2. The summed E-state index contributed by atoms with van der Waals surface area (Å²) < 4.78 is 58.3. The van der Waals surface area contributed by atoms with Crippen molar-refractivity contribution in [1.82, 2.24) is 9.62 Å². The van der Waals surface area contributed by atoms with Gasteiger partial charge in [-0.2, -0.15) is 0 Å². The van der Waals surface area contributed by atoms with Crippen molar-refractivity contribution in [2.45, 2.75) is 180 Å². The average Bonchev–Trinajstić information content (AvgIpc) is 3.35.